The average molecular weight is 668 g/mol. The molecule has 0 amide bonds. The van der Waals surface area contributed by atoms with Crippen LogP contribution in [0.1, 0.15) is 12.5 Å². The van der Waals surface area contributed by atoms with Crippen LogP contribution >= 0.6 is 23.2 Å². The lowest BCUT2D eigenvalue weighted by atomic mass is 10.1. The van der Waals surface area contributed by atoms with Crippen LogP contribution in [0.25, 0.3) is 0 Å². The first-order valence-electron chi connectivity index (χ1n) is 12.6. The van der Waals surface area contributed by atoms with Gasteiger partial charge in [0.2, 0.25) is 0 Å². The van der Waals surface area contributed by atoms with Gasteiger partial charge < -0.3 is 30.3 Å². The van der Waals surface area contributed by atoms with Crippen LogP contribution in [0.4, 0.5) is 0 Å². The van der Waals surface area contributed by atoms with E-state index < -0.39 is 66.3 Å². The number of rotatable bonds is 15. The minimum Gasteiger partial charge on any atom is -0.460 e. The molecular weight excluding hydrogens is 633 g/mol. The Balaban J connectivity index is 1.59. The highest BCUT2D eigenvalue weighted by Gasteiger charge is 2.49. The molecular formula is C23H35N4O13P3. The van der Waals surface area contributed by atoms with E-state index in [9.17, 15) is 28.7 Å². The standard InChI is InChI=1S/C23H35N4O13P3/c1-15(23(30)36-13-17-9-7-6-8-10-17)26-41(5,31)39-43(33,35-4)40-42(32,34-3)37-14-18-20(28)21(29)22(38-18)27-12-11-19(24)25-16(27)2/h6-12,15,18,20-22,28-29H,2,13-14H2,1,3-5H3,(H2,24,25)(H,26,31)/t15-,18+,20?,21+,22+,41?,42?,43?/m0/s1. The summed E-state index contributed by atoms with van der Waals surface area (Å²) in [5, 5.41) is 23.3. The molecule has 0 saturated carbocycles. The van der Waals surface area contributed by atoms with Gasteiger partial charge in [-0.1, -0.05) is 36.9 Å². The fraction of sp³-hybridized carbons (Fsp3) is 0.478. The predicted molar refractivity (Wildman–Crippen MR) is 152 cm³/mol. The number of ether oxygens (including phenoxy) is 2. The normalized spacial score (nSPS) is 27.1. The van der Waals surface area contributed by atoms with E-state index in [1.54, 1.807) is 30.3 Å². The molecule has 1 aromatic carbocycles. The first kappa shape index (κ1) is 35.3. The second-order valence-corrected chi connectivity index (χ2v) is 15.3. The van der Waals surface area contributed by atoms with Gasteiger partial charge in [-0.15, -0.1) is 0 Å². The number of amidine groups is 1. The van der Waals surface area contributed by atoms with Gasteiger partial charge in [0.05, 0.1) is 6.61 Å². The number of carbonyl (C=O) groups excluding carboxylic acids is 1. The van der Waals surface area contributed by atoms with Crippen molar-refractivity contribution in [3.05, 3.63) is 60.6 Å². The molecule has 0 aromatic heterocycles. The fourth-order valence-corrected chi connectivity index (χ4v) is 9.08. The van der Waals surface area contributed by atoms with Crippen molar-refractivity contribution in [3.8, 4) is 0 Å². The number of nitrogens with two attached hydrogens (primary N) is 1. The zero-order valence-corrected chi connectivity index (χ0v) is 26.4. The van der Waals surface area contributed by atoms with Gasteiger partial charge in [0.15, 0.2) is 6.23 Å². The summed E-state index contributed by atoms with van der Waals surface area (Å²) in [6.07, 6.45) is -2.64. The van der Waals surface area contributed by atoms with E-state index in [4.69, 9.17) is 37.4 Å². The zero-order chi connectivity index (χ0) is 32.0. The van der Waals surface area contributed by atoms with E-state index in [-0.39, 0.29) is 18.3 Å². The maximum absolute atomic E-state index is 13.2. The third-order valence-corrected chi connectivity index (χ3v) is 11.7. The van der Waals surface area contributed by atoms with E-state index >= 15 is 0 Å². The summed E-state index contributed by atoms with van der Waals surface area (Å²) in [6.45, 7) is 5.27. The van der Waals surface area contributed by atoms with Crippen LogP contribution in [0.3, 0.4) is 0 Å². The molecule has 43 heavy (non-hydrogen) atoms. The topological polar surface area (TPSA) is 227 Å². The van der Waals surface area contributed by atoms with Gasteiger partial charge in [0.1, 0.15) is 42.6 Å². The zero-order valence-electron chi connectivity index (χ0n) is 23.7. The Labute approximate surface area is 248 Å². The number of benzene rings is 1. The number of phosphoric ester groups is 1. The Kier molecular flexibility index (Phi) is 12.1. The van der Waals surface area contributed by atoms with Crippen molar-refractivity contribution in [3.63, 3.8) is 0 Å². The number of phosphoric acid groups is 2. The Morgan fingerprint density at radius 1 is 1.14 bits per heavy atom. The summed E-state index contributed by atoms with van der Waals surface area (Å²) in [6, 6.07) is 7.64. The summed E-state index contributed by atoms with van der Waals surface area (Å²) in [5.41, 5.74) is 6.34. The number of aliphatic imine (C=N–C) groups is 1. The Hall–Kier alpha value is -2.23. The quantitative estimate of drug-likeness (QED) is 0.155. The lowest BCUT2D eigenvalue weighted by Crippen LogP contribution is -2.42. The number of esters is 1. The molecule has 3 rings (SSSR count). The van der Waals surface area contributed by atoms with E-state index in [0.717, 1.165) is 26.4 Å². The van der Waals surface area contributed by atoms with E-state index in [1.165, 1.54) is 24.1 Å². The van der Waals surface area contributed by atoms with Crippen LogP contribution in [-0.4, -0.2) is 85.0 Å². The van der Waals surface area contributed by atoms with Gasteiger partial charge in [0, 0.05) is 27.1 Å². The Morgan fingerprint density at radius 2 is 1.79 bits per heavy atom. The van der Waals surface area contributed by atoms with Crippen LogP contribution in [0.15, 0.2) is 60.0 Å². The number of hydrogen-bond donors (Lipinski definition) is 4. The molecule has 4 unspecified atom stereocenters. The van der Waals surface area contributed by atoms with Crippen LogP contribution in [0.5, 0.6) is 0 Å². The lowest BCUT2D eigenvalue weighted by molar-refractivity contribution is -0.146. The summed E-state index contributed by atoms with van der Waals surface area (Å²) in [7, 11) is -12.2. The van der Waals surface area contributed by atoms with E-state index in [2.05, 4.69) is 16.7 Å². The molecule has 5 N–H and O–H groups in total. The fourth-order valence-electron chi connectivity index (χ4n) is 3.77. The molecule has 0 spiro atoms. The summed E-state index contributed by atoms with van der Waals surface area (Å²) in [4.78, 5) is 17.6. The van der Waals surface area contributed by atoms with E-state index in [1.807, 2.05) is 0 Å². The molecule has 240 valence electrons. The Bertz CT molecular complexity index is 1360. The molecule has 8 atom stereocenters. The maximum Gasteiger partial charge on any atom is 0.490 e. The largest absolute Gasteiger partial charge is 0.490 e. The summed E-state index contributed by atoms with van der Waals surface area (Å²) >= 11 is 0. The van der Waals surface area contributed by atoms with Crippen molar-refractivity contribution in [1.82, 2.24) is 9.99 Å². The summed E-state index contributed by atoms with van der Waals surface area (Å²) < 4.78 is 74.8. The van der Waals surface area contributed by atoms with Gasteiger partial charge in [-0.2, -0.15) is 4.31 Å². The number of hydrogen-bond acceptors (Lipinski definition) is 16. The monoisotopic (exact) mass is 668 g/mol. The van der Waals surface area contributed by atoms with Crippen LogP contribution in [0, 0.1) is 0 Å². The number of aliphatic hydroxyl groups is 2. The smallest absolute Gasteiger partial charge is 0.460 e. The van der Waals surface area contributed by atoms with Gasteiger partial charge in [-0.3, -0.25) is 22.9 Å². The third-order valence-electron chi connectivity index (χ3n) is 5.88. The maximum atomic E-state index is 13.2. The van der Waals surface area contributed by atoms with Crippen molar-refractivity contribution < 1.29 is 60.4 Å². The van der Waals surface area contributed by atoms with Gasteiger partial charge in [0.25, 0.3) is 7.52 Å². The minimum absolute atomic E-state index is 0.0438. The van der Waals surface area contributed by atoms with Crippen LogP contribution in [-0.2, 0) is 56.8 Å². The van der Waals surface area contributed by atoms with Gasteiger partial charge in [-0.05, 0) is 18.6 Å². The second kappa shape index (κ2) is 14.7. The van der Waals surface area contributed by atoms with E-state index in [0.29, 0.717) is 0 Å². The number of nitrogens with one attached hydrogen (secondary N) is 1. The number of aliphatic hydroxyl groups excluding tert-OH is 2. The summed E-state index contributed by atoms with van der Waals surface area (Å²) in [5.74, 6) is -0.497. The van der Waals surface area contributed by atoms with Crippen molar-refractivity contribution in [2.45, 2.75) is 44.1 Å². The van der Waals surface area contributed by atoms with Crippen LogP contribution in [0.2, 0.25) is 0 Å². The molecule has 1 fully saturated rings. The van der Waals surface area contributed by atoms with Crippen molar-refractivity contribution in [2.75, 3.05) is 27.5 Å². The molecule has 0 bridgehead atoms. The second-order valence-electron chi connectivity index (χ2n) is 9.23. The predicted octanol–water partition coefficient (Wildman–Crippen LogP) is 2.19. The molecule has 2 aliphatic heterocycles. The molecule has 1 aromatic rings. The van der Waals surface area contributed by atoms with Gasteiger partial charge in [-0.25, -0.2) is 23.5 Å². The molecule has 2 heterocycles. The van der Waals surface area contributed by atoms with Crippen molar-refractivity contribution in [1.29, 1.82) is 0 Å². The number of nitrogens with zero attached hydrogens (tertiary/aromatic N) is 2. The number of carbonyl (C=O) groups is 1. The lowest BCUT2D eigenvalue weighted by Gasteiger charge is -2.30. The SMILES string of the molecule is C=C1N=C(N)C=CN1[C@@H]1O[C@H](COP(=O)(OC)OP(=O)(OC)OP(C)(=O)N[C@@H](C)C(=O)OCc2ccccc2)C(O)[C@H]1O. The highest BCUT2D eigenvalue weighted by atomic mass is 31.3. The average Bonchev–Trinajstić information content (AvgIpc) is 3.23. The first-order chi connectivity index (χ1) is 20.1. The van der Waals surface area contributed by atoms with Gasteiger partial charge >= 0.3 is 21.6 Å². The highest BCUT2D eigenvalue weighted by Crippen LogP contribution is 2.70. The molecule has 20 heteroatoms. The molecule has 0 aliphatic carbocycles. The van der Waals surface area contributed by atoms with Crippen molar-refractivity contribution >= 4 is 35.0 Å². The molecule has 2 aliphatic rings. The Morgan fingerprint density at radius 3 is 2.40 bits per heavy atom. The molecule has 1 saturated heterocycles. The highest BCUT2D eigenvalue weighted by molar-refractivity contribution is 7.70. The molecule has 17 nitrogen and oxygen atoms in total. The molecule has 0 radical (unpaired) electrons. The van der Waals surface area contributed by atoms with Crippen LogP contribution < -0.4 is 10.8 Å². The first-order valence-corrected chi connectivity index (χ1v) is 17.6. The minimum atomic E-state index is -4.95. The third kappa shape index (κ3) is 9.63. The van der Waals surface area contributed by atoms with Crippen molar-refractivity contribution in [2.24, 2.45) is 10.7 Å².